The van der Waals surface area contributed by atoms with Gasteiger partial charge in [-0.25, -0.2) is 4.79 Å². The molecule has 38 heavy (non-hydrogen) atoms. The van der Waals surface area contributed by atoms with Crippen molar-refractivity contribution in [3.8, 4) is 11.5 Å². The molecule has 1 amide bonds. The molecule has 0 bridgehead atoms. The van der Waals surface area contributed by atoms with Crippen LogP contribution in [0.25, 0.3) is 0 Å². The SMILES string of the molecule is COc1ccc(C2CCc3cc(O)ccc3C2c2ccc(N3CCN(C(=O)OC(C)(C)C)CC3)cc2)cc1. The van der Waals surface area contributed by atoms with Crippen molar-refractivity contribution in [2.24, 2.45) is 0 Å². The quantitative estimate of drug-likeness (QED) is 0.441. The van der Waals surface area contributed by atoms with Gasteiger partial charge < -0.3 is 24.4 Å². The van der Waals surface area contributed by atoms with Crippen molar-refractivity contribution in [1.29, 1.82) is 0 Å². The predicted octanol–water partition coefficient (Wildman–Crippen LogP) is 6.32. The zero-order valence-corrected chi connectivity index (χ0v) is 22.8. The summed E-state index contributed by atoms with van der Waals surface area (Å²) < 4.78 is 10.9. The van der Waals surface area contributed by atoms with E-state index < -0.39 is 5.60 Å². The number of piperazine rings is 1. The van der Waals surface area contributed by atoms with Crippen LogP contribution in [-0.2, 0) is 11.2 Å². The number of phenols is 1. The lowest BCUT2D eigenvalue weighted by Gasteiger charge is -2.37. The molecule has 2 unspecified atom stereocenters. The molecular formula is C32H38N2O4. The normalized spacial score (nSPS) is 19.6. The summed E-state index contributed by atoms with van der Waals surface area (Å²) in [4.78, 5) is 16.6. The largest absolute Gasteiger partial charge is 0.508 e. The number of anilines is 1. The summed E-state index contributed by atoms with van der Waals surface area (Å²) in [5, 5.41) is 10.1. The Hall–Kier alpha value is -3.67. The zero-order valence-electron chi connectivity index (χ0n) is 22.8. The van der Waals surface area contributed by atoms with Crippen molar-refractivity contribution in [3.05, 3.63) is 89.0 Å². The maximum Gasteiger partial charge on any atom is 0.410 e. The number of hydrogen-bond donors (Lipinski definition) is 1. The first-order valence-electron chi connectivity index (χ1n) is 13.5. The van der Waals surface area contributed by atoms with E-state index in [9.17, 15) is 9.90 Å². The molecule has 200 valence electrons. The number of aromatic hydroxyl groups is 1. The van der Waals surface area contributed by atoms with Crippen molar-refractivity contribution >= 4 is 11.8 Å². The minimum absolute atomic E-state index is 0.200. The molecule has 1 saturated heterocycles. The number of fused-ring (bicyclic) bond motifs is 1. The van der Waals surface area contributed by atoms with Gasteiger partial charge in [0, 0.05) is 37.8 Å². The van der Waals surface area contributed by atoms with Crippen LogP contribution in [0.2, 0.25) is 0 Å². The van der Waals surface area contributed by atoms with Crippen LogP contribution in [0.15, 0.2) is 66.7 Å². The highest BCUT2D eigenvalue weighted by atomic mass is 16.6. The van der Waals surface area contributed by atoms with E-state index in [1.54, 1.807) is 18.1 Å². The van der Waals surface area contributed by atoms with Gasteiger partial charge in [-0.2, -0.15) is 0 Å². The fraction of sp³-hybridized carbons (Fsp3) is 0.406. The Morgan fingerprint density at radius 3 is 2.18 bits per heavy atom. The van der Waals surface area contributed by atoms with Gasteiger partial charge in [-0.1, -0.05) is 30.3 Å². The number of rotatable bonds is 4. The zero-order chi connectivity index (χ0) is 26.9. The molecule has 1 heterocycles. The Bertz CT molecular complexity index is 1260. The molecule has 0 radical (unpaired) electrons. The van der Waals surface area contributed by atoms with Crippen LogP contribution in [0, 0.1) is 0 Å². The average Bonchev–Trinajstić information content (AvgIpc) is 2.91. The molecule has 5 rings (SSSR count). The third-order valence-corrected chi connectivity index (χ3v) is 7.68. The summed E-state index contributed by atoms with van der Waals surface area (Å²) in [5.74, 6) is 1.72. The van der Waals surface area contributed by atoms with Crippen molar-refractivity contribution in [1.82, 2.24) is 4.90 Å². The van der Waals surface area contributed by atoms with E-state index in [1.807, 2.05) is 39.0 Å². The number of amides is 1. The van der Waals surface area contributed by atoms with Gasteiger partial charge >= 0.3 is 6.09 Å². The predicted molar refractivity (Wildman–Crippen MR) is 150 cm³/mol. The van der Waals surface area contributed by atoms with E-state index in [0.717, 1.165) is 31.7 Å². The first-order chi connectivity index (χ1) is 18.2. The van der Waals surface area contributed by atoms with Crippen molar-refractivity contribution in [3.63, 3.8) is 0 Å². The Balaban J connectivity index is 1.36. The number of nitrogens with zero attached hydrogens (tertiary/aromatic N) is 2. The third-order valence-electron chi connectivity index (χ3n) is 7.68. The second kappa shape index (κ2) is 10.6. The number of carbonyl (C=O) groups is 1. The van der Waals surface area contributed by atoms with Gasteiger partial charge in [0.1, 0.15) is 17.1 Å². The minimum Gasteiger partial charge on any atom is -0.508 e. The lowest BCUT2D eigenvalue weighted by atomic mass is 9.69. The standard InChI is InChI=1S/C32H38N2O4/c1-32(2,3)38-31(36)34-19-17-33(18-20-34)25-10-5-23(6-11-25)30-28(22-7-13-27(37-4)14-8-22)15-9-24-21-26(35)12-16-29(24)30/h5-8,10-14,16,21,28,30,35H,9,15,17-20H2,1-4H3. The Labute approximate surface area is 225 Å². The lowest BCUT2D eigenvalue weighted by molar-refractivity contribution is 0.0240. The fourth-order valence-corrected chi connectivity index (χ4v) is 5.79. The lowest BCUT2D eigenvalue weighted by Crippen LogP contribution is -2.50. The number of aryl methyl sites for hydroxylation is 1. The molecule has 6 heteroatoms. The van der Waals surface area contributed by atoms with E-state index in [1.165, 1.54) is 27.9 Å². The summed E-state index contributed by atoms with van der Waals surface area (Å²) >= 11 is 0. The molecule has 1 N–H and O–H groups in total. The summed E-state index contributed by atoms with van der Waals surface area (Å²) in [5.41, 5.74) is 5.77. The average molecular weight is 515 g/mol. The summed E-state index contributed by atoms with van der Waals surface area (Å²) in [6.45, 7) is 8.54. The number of carbonyl (C=O) groups excluding carboxylic acids is 1. The monoisotopic (exact) mass is 514 g/mol. The number of methoxy groups -OCH3 is 1. The summed E-state index contributed by atoms with van der Waals surface area (Å²) in [6.07, 6.45) is 1.72. The first kappa shape index (κ1) is 26.0. The second-order valence-corrected chi connectivity index (χ2v) is 11.3. The van der Waals surface area contributed by atoms with Crippen molar-refractivity contribution in [2.75, 3.05) is 38.2 Å². The molecule has 2 aliphatic rings. The Kier molecular flexibility index (Phi) is 7.24. The van der Waals surface area contributed by atoms with Crippen molar-refractivity contribution < 1.29 is 19.4 Å². The highest BCUT2D eigenvalue weighted by Crippen LogP contribution is 2.47. The third kappa shape index (κ3) is 5.59. The van der Waals surface area contributed by atoms with Crippen LogP contribution in [0.4, 0.5) is 10.5 Å². The smallest absolute Gasteiger partial charge is 0.410 e. The molecule has 0 saturated carbocycles. The van der Waals surface area contributed by atoms with Gasteiger partial charge in [-0.3, -0.25) is 0 Å². The van der Waals surface area contributed by atoms with Crippen LogP contribution in [-0.4, -0.2) is 55.0 Å². The van der Waals surface area contributed by atoms with E-state index in [2.05, 4.69) is 47.4 Å². The van der Waals surface area contributed by atoms with E-state index in [-0.39, 0.29) is 12.0 Å². The number of hydrogen-bond acceptors (Lipinski definition) is 5. The molecule has 1 aliphatic heterocycles. The molecule has 1 fully saturated rings. The number of benzene rings is 3. The van der Waals surface area contributed by atoms with Gasteiger partial charge in [0.05, 0.1) is 7.11 Å². The molecule has 2 atom stereocenters. The van der Waals surface area contributed by atoms with Gasteiger partial charge in [-0.05, 0) is 98.2 Å². The van der Waals surface area contributed by atoms with Crippen LogP contribution in [0.1, 0.15) is 61.3 Å². The Morgan fingerprint density at radius 1 is 0.895 bits per heavy atom. The van der Waals surface area contributed by atoms with Crippen LogP contribution < -0.4 is 9.64 Å². The molecule has 3 aromatic carbocycles. The van der Waals surface area contributed by atoms with Gasteiger partial charge in [0.15, 0.2) is 0 Å². The molecule has 6 nitrogen and oxygen atoms in total. The summed E-state index contributed by atoms with van der Waals surface area (Å²) in [6, 6.07) is 23.2. The highest BCUT2D eigenvalue weighted by molar-refractivity contribution is 5.68. The molecular weight excluding hydrogens is 476 g/mol. The fourth-order valence-electron chi connectivity index (χ4n) is 5.79. The van der Waals surface area contributed by atoms with Crippen LogP contribution in [0.3, 0.4) is 0 Å². The van der Waals surface area contributed by atoms with E-state index >= 15 is 0 Å². The van der Waals surface area contributed by atoms with Crippen LogP contribution >= 0.6 is 0 Å². The Morgan fingerprint density at radius 2 is 1.55 bits per heavy atom. The molecule has 0 aromatic heterocycles. The van der Waals surface area contributed by atoms with E-state index in [0.29, 0.717) is 24.8 Å². The second-order valence-electron chi connectivity index (χ2n) is 11.3. The topological polar surface area (TPSA) is 62.2 Å². The van der Waals surface area contributed by atoms with Crippen molar-refractivity contribution in [2.45, 2.75) is 51.0 Å². The van der Waals surface area contributed by atoms with Gasteiger partial charge in [0.2, 0.25) is 0 Å². The van der Waals surface area contributed by atoms with Gasteiger partial charge in [-0.15, -0.1) is 0 Å². The molecule has 0 spiro atoms. The summed E-state index contributed by atoms with van der Waals surface area (Å²) in [7, 11) is 1.69. The molecule has 3 aromatic rings. The maximum absolute atomic E-state index is 12.4. The van der Waals surface area contributed by atoms with E-state index in [4.69, 9.17) is 9.47 Å². The molecule has 1 aliphatic carbocycles. The number of phenolic OH excluding ortho intramolecular Hbond substituents is 1. The minimum atomic E-state index is -0.482. The highest BCUT2D eigenvalue weighted by Gasteiger charge is 2.32. The number of ether oxygens (including phenoxy) is 2. The maximum atomic E-state index is 12.4. The van der Waals surface area contributed by atoms with Crippen LogP contribution in [0.5, 0.6) is 11.5 Å². The first-order valence-corrected chi connectivity index (χ1v) is 13.5. The van der Waals surface area contributed by atoms with Gasteiger partial charge in [0.25, 0.3) is 0 Å².